The normalized spacial score (nSPS) is 10.9. The highest BCUT2D eigenvalue weighted by Gasteiger charge is 2.19. The largest absolute Gasteiger partial charge is 0.355 e. The highest BCUT2D eigenvalue weighted by molar-refractivity contribution is 7.92. The molecular formula is C17H18ClN3O4S. The van der Waals surface area contributed by atoms with Crippen LogP contribution in [0.3, 0.4) is 0 Å². The van der Waals surface area contributed by atoms with Crippen LogP contribution in [-0.4, -0.2) is 46.3 Å². The first kappa shape index (κ1) is 19.7. The number of anilines is 1. The van der Waals surface area contributed by atoms with Gasteiger partial charge in [0.25, 0.3) is 21.8 Å². The predicted octanol–water partition coefficient (Wildman–Crippen LogP) is 2.20. The Labute approximate surface area is 157 Å². The SMILES string of the molecule is CNC(=O)c1cc(Cl)ccc1NS(=O)(=O)c1ccc(C(=O)N(C)C)cc1. The van der Waals surface area contributed by atoms with Crippen LogP contribution in [-0.2, 0) is 10.0 Å². The lowest BCUT2D eigenvalue weighted by atomic mass is 10.2. The number of hydrogen-bond donors (Lipinski definition) is 2. The topological polar surface area (TPSA) is 95.6 Å². The summed E-state index contributed by atoms with van der Waals surface area (Å²) in [5.74, 6) is -0.710. The van der Waals surface area contributed by atoms with Gasteiger partial charge in [0.15, 0.2) is 0 Å². The van der Waals surface area contributed by atoms with Crippen molar-refractivity contribution in [3.05, 3.63) is 58.6 Å². The lowest BCUT2D eigenvalue weighted by molar-refractivity contribution is 0.0827. The van der Waals surface area contributed by atoms with Crippen LogP contribution < -0.4 is 10.0 Å². The Hall–Kier alpha value is -2.58. The second-order valence-electron chi connectivity index (χ2n) is 5.60. The summed E-state index contributed by atoms with van der Waals surface area (Å²) < 4.78 is 27.6. The Morgan fingerprint density at radius 1 is 1.04 bits per heavy atom. The summed E-state index contributed by atoms with van der Waals surface area (Å²) in [6.07, 6.45) is 0. The first-order valence-corrected chi connectivity index (χ1v) is 9.38. The zero-order valence-electron chi connectivity index (χ0n) is 14.4. The molecule has 0 aliphatic carbocycles. The summed E-state index contributed by atoms with van der Waals surface area (Å²) in [5, 5.41) is 2.73. The van der Waals surface area contributed by atoms with Gasteiger partial charge < -0.3 is 10.2 Å². The standard InChI is InChI=1S/C17H18ClN3O4S/c1-19-16(22)14-10-12(18)6-9-15(14)20-26(24,25)13-7-4-11(5-8-13)17(23)21(2)3/h4-10,20H,1-3H3,(H,19,22). The third kappa shape index (κ3) is 4.33. The molecule has 0 fully saturated rings. The third-order valence-corrected chi connectivity index (χ3v) is 5.13. The van der Waals surface area contributed by atoms with Crippen molar-refractivity contribution in [2.75, 3.05) is 25.9 Å². The molecule has 2 aromatic carbocycles. The van der Waals surface area contributed by atoms with Crippen molar-refractivity contribution in [1.29, 1.82) is 0 Å². The smallest absolute Gasteiger partial charge is 0.261 e. The monoisotopic (exact) mass is 395 g/mol. The van der Waals surface area contributed by atoms with Crippen LogP contribution in [0.1, 0.15) is 20.7 Å². The van der Waals surface area contributed by atoms with E-state index < -0.39 is 15.9 Å². The molecule has 0 bridgehead atoms. The number of rotatable bonds is 5. The number of halogens is 1. The van der Waals surface area contributed by atoms with E-state index in [4.69, 9.17) is 11.6 Å². The van der Waals surface area contributed by atoms with Crippen LogP contribution in [0.2, 0.25) is 5.02 Å². The van der Waals surface area contributed by atoms with E-state index in [1.165, 1.54) is 54.4 Å². The minimum absolute atomic E-state index is 0.0365. The first-order valence-electron chi connectivity index (χ1n) is 7.52. The maximum Gasteiger partial charge on any atom is 0.261 e. The molecule has 9 heteroatoms. The molecule has 2 N–H and O–H groups in total. The summed E-state index contributed by atoms with van der Waals surface area (Å²) in [4.78, 5) is 25.2. The average molecular weight is 396 g/mol. The number of carbonyl (C=O) groups is 2. The van der Waals surface area contributed by atoms with E-state index in [0.29, 0.717) is 10.6 Å². The molecule has 2 aromatic rings. The third-order valence-electron chi connectivity index (χ3n) is 3.52. The molecule has 0 unspecified atom stereocenters. The highest BCUT2D eigenvalue weighted by atomic mass is 35.5. The summed E-state index contributed by atoms with van der Waals surface area (Å²) in [6.45, 7) is 0. The van der Waals surface area contributed by atoms with Crippen LogP contribution in [0, 0.1) is 0 Å². The summed E-state index contributed by atoms with van der Waals surface area (Å²) >= 11 is 5.89. The minimum Gasteiger partial charge on any atom is -0.355 e. The number of carbonyl (C=O) groups excluding carboxylic acids is 2. The van der Waals surface area contributed by atoms with Gasteiger partial charge in [-0.1, -0.05) is 11.6 Å². The summed E-state index contributed by atoms with van der Waals surface area (Å²) in [7, 11) is 0.694. The molecule has 0 aromatic heterocycles. The van der Waals surface area contributed by atoms with Gasteiger partial charge in [-0.2, -0.15) is 0 Å². The summed E-state index contributed by atoms with van der Waals surface area (Å²) in [5.41, 5.74) is 0.566. The first-order chi connectivity index (χ1) is 12.2. The zero-order valence-corrected chi connectivity index (χ0v) is 16.0. The predicted molar refractivity (Wildman–Crippen MR) is 100 cm³/mol. The molecular weight excluding hydrogens is 378 g/mol. The van der Waals surface area contributed by atoms with Crippen molar-refractivity contribution in [2.24, 2.45) is 0 Å². The van der Waals surface area contributed by atoms with Crippen LogP contribution in [0.15, 0.2) is 47.4 Å². The maximum atomic E-state index is 12.6. The Balaban J connectivity index is 2.35. The number of amides is 2. The van der Waals surface area contributed by atoms with Gasteiger partial charge in [-0.15, -0.1) is 0 Å². The van der Waals surface area contributed by atoms with Crippen molar-refractivity contribution >= 4 is 39.1 Å². The van der Waals surface area contributed by atoms with Gasteiger partial charge in [0, 0.05) is 31.7 Å². The fourth-order valence-electron chi connectivity index (χ4n) is 2.17. The van der Waals surface area contributed by atoms with Crippen molar-refractivity contribution in [1.82, 2.24) is 10.2 Å². The van der Waals surface area contributed by atoms with E-state index >= 15 is 0 Å². The number of hydrogen-bond acceptors (Lipinski definition) is 4. The Morgan fingerprint density at radius 2 is 1.65 bits per heavy atom. The fourth-order valence-corrected chi connectivity index (χ4v) is 3.42. The second-order valence-corrected chi connectivity index (χ2v) is 7.72. The van der Waals surface area contributed by atoms with Gasteiger partial charge in [-0.05, 0) is 42.5 Å². The van der Waals surface area contributed by atoms with Crippen molar-refractivity contribution in [3.8, 4) is 0 Å². The van der Waals surface area contributed by atoms with Crippen LogP contribution in [0.25, 0.3) is 0 Å². The molecule has 0 radical (unpaired) electrons. The Bertz CT molecular complexity index is 941. The summed E-state index contributed by atoms with van der Waals surface area (Å²) in [6, 6.07) is 9.77. The number of nitrogens with one attached hydrogen (secondary N) is 2. The molecule has 138 valence electrons. The molecule has 0 heterocycles. The van der Waals surface area contributed by atoms with Gasteiger partial charge >= 0.3 is 0 Å². The second kappa shape index (κ2) is 7.76. The van der Waals surface area contributed by atoms with Gasteiger partial charge in [-0.25, -0.2) is 8.42 Å². The number of benzene rings is 2. The lowest BCUT2D eigenvalue weighted by Gasteiger charge is -2.13. The molecule has 7 nitrogen and oxygen atoms in total. The van der Waals surface area contributed by atoms with Crippen LogP contribution in [0.5, 0.6) is 0 Å². The molecule has 2 amide bonds. The Kier molecular flexibility index (Phi) is 5.89. The van der Waals surface area contributed by atoms with Gasteiger partial charge in [0.05, 0.1) is 16.1 Å². The van der Waals surface area contributed by atoms with Crippen molar-refractivity contribution in [2.45, 2.75) is 4.90 Å². The lowest BCUT2D eigenvalue weighted by Crippen LogP contribution is -2.22. The molecule has 0 spiro atoms. The van der Waals surface area contributed by atoms with Crippen LogP contribution in [0.4, 0.5) is 5.69 Å². The quantitative estimate of drug-likeness (QED) is 0.811. The molecule has 0 saturated carbocycles. The van der Waals surface area contributed by atoms with E-state index in [9.17, 15) is 18.0 Å². The van der Waals surface area contributed by atoms with Crippen LogP contribution >= 0.6 is 11.6 Å². The van der Waals surface area contributed by atoms with Crippen molar-refractivity contribution in [3.63, 3.8) is 0 Å². The number of sulfonamides is 1. The van der Waals surface area contributed by atoms with E-state index in [2.05, 4.69) is 10.0 Å². The Morgan fingerprint density at radius 3 is 2.19 bits per heavy atom. The zero-order chi connectivity index (χ0) is 19.5. The molecule has 0 atom stereocenters. The average Bonchev–Trinajstić information content (AvgIpc) is 2.61. The molecule has 0 saturated heterocycles. The minimum atomic E-state index is -3.95. The molecule has 26 heavy (non-hydrogen) atoms. The molecule has 0 aliphatic heterocycles. The number of nitrogens with zero attached hydrogens (tertiary/aromatic N) is 1. The molecule has 0 aliphatic rings. The highest BCUT2D eigenvalue weighted by Crippen LogP contribution is 2.24. The van der Waals surface area contributed by atoms with E-state index in [1.807, 2.05) is 0 Å². The van der Waals surface area contributed by atoms with Crippen molar-refractivity contribution < 1.29 is 18.0 Å². The van der Waals surface area contributed by atoms with E-state index in [-0.39, 0.29) is 22.1 Å². The maximum absolute atomic E-state index is 12.6. The molecule has 2 rings (SSSR count). The van der Waals surface area contributed by atoms with Gasteiger partial charge in [0.1, 0.15) is 0 Å². The van der Waals surface area contributed by atoms with Gasteiger partial charge in [-0.3, -0.25) is 14.3 Å². The van der Waals surface area contributed by atoms with E-state index in [1.54, 1.807) is 14.1 Å². The fraction of sp³-hybridized carbons (Fsp3) is 0.176. The van der Waals surface area contributed by atoms with E-state index in [0.717, 1.165) is 0 Å². The van der Waals surface area contributed by atoms with Gasteiger partial charge in [0.2, 0.25) is 0 Å².